The van der Waals surface area contributed by atoms with Gasteiger partial charge in [-0.3, -0.25) is 0 Å². The van der Waals surface area contributed by atoms with E-state index in [1.54, 1.807) is 6.26 Å². The van der Waals surface area contributed by atoms with Gasteiger partial charge in [-0.15, -0.1) is 0 Å². The van der Waals surface area contributed by atoms with Crippen molar-refractivity contribution in [3.63, 3.8) is 0 Å². The maximum absolute atomic E-state index is 6.30. The minimum Gasteiger partial charge on any atom is -0.439 e. The molecule has 0 radical (unpaired) electrons. The molecule has 0 bridgehead atoms. The van der Waals surface area contributed by atoms with Crippen molar-refractivity contribution in [2.45, 2.75) is 42.5 Å². The first-order valence-corrected chi connectivity index (χ1v) is 7.52. The van der Waals surface area contributed by atoms with Crippen LogP contribution in [0, 0.1) is 6.92 Å². The van der Waals surface area contributed by atoms with Crippen LogP contribution in [0.25, 0.3) is 0 Å². The van der Waals surface area contributed by atoms with Crippen molar-refractivity contribution in [2.24, 2.45) is 0 Å². The molecular weight excluding hydrogens is 280 g/mol. The van der Waals surface area contributed by atoms with Crippen LogP contribution in [0.5, 0.6) is 0 Å². The molecule has 1 aliphatic carbocycles. The fraction of sp³-hybridized carbons (Fsp3) is 0.357. The van der Waals surface area contributed by atoms with Crippen LogP contribution in [-0.2, 0) is 6.54 Å². The number of aryl methyl sites for hydroxylation is 1. The summed E-state index contributed by atoms with van der Waals surface area (Å²) in [6.45, 7) is 2.72. The summed E-state index contributed by atoms with van der Waals surface area (Å²) < 4.78 is 5.39. The molecule has 1 saturated carbocycles. The van der Waals surface area contributed by atoms with E-state index in [4.69, 9.17) is 16.0 Å². The highest BCUT2D eigenvalue weighted by atomic mass is 35.5. The molecule has 0 amide bonds. The second-order valence-electron chi connectivity index (χ2n) is 4.73. The molecule has 100 valence electrons. The summed E-state index contributed by atoms with van der Waals surface area (Å²) in [6, 6.07) is 6.61. The molecule has 2 aromatic rings. The van der Waals surface area contributed by atoms with Gasteiger partial charge in [-0.25, -0.2) is 4.98 Å². The first-order valence-electron chi connectivity index (χ1n) is 6.33. The van der Waals surface area contributed by atoms with Crippen molar-refractivity contribution in [3.8, 4) is 0 Å². The van der Waals surface area contributed by atoms with Crippen molar-refractivity contribution in [1.82, 2.24) is 10.3 Å². The summed E-state index contributed by atoms with van der Waals surface area (Å²) >= 11 is 7.82. The number of halogens is 1. The standard InChI is InChI=1S/C14H15ClN2OS/c1-9-8-18-14(17-9)19-13-4-2-3-12(15)11(13)7-16-10-5-6-10/h2-4,8,10,16H,5-7H2,1H3. The van der Waals surface area contributed by atoms with Gasteiger partial charge in [0, 0.05) is 22.5 Å². The Labute approximate surface area is 121 Å². The van der Waals surface area contributed by atoms with E-state index < -0.39 is 0 Å². The molecule has 0 atom stereocenters. The highest BCUT2D eigenvalue weighted by molar-refractivity contribution is 7.99. The smallest absolute Gasteiger partial charge is 0.260 e. The largest absolute Gasteiger partial charge is 0.439 e. The summed E-state index contributed by atoms with van der Waals surface area (Å²) in [7, 11) is 0. The topological polar surface area (TPSA) is 38.1 Å². The van der Waals surface area contributed by atoms with Crippen molar-refractivity contribution in [2.75, 3.05) is 0 Å². The lowest BCUT2D eigenvalue weighted by atomic mass is 10.2. The summed E-state index contributed by atoms with van der Waals surface area (Å²) in [5, 5.41) is 4.95. The molecule has 0 aliphatic heterocycles. The Kier molecular flexibility index (Phi) is 3.82. The van der Waals surface area contributed by atoms with E-state index in [2.05, 4.69) is 16.4 Å². The van der Waals surface area contributed by atoms with E-state index in [1.165, 1.54) is 24.6 Å². The Hall–Kier alpha value is -0.970. The second-order valence-corrected chi connectivity index (χ2v) is 6.13. The summed E-state index contributed by atoms with van der Waals surface area (Å²) in [5.74, 6) is 0. The van der Waals surface area contributed by atoms with Gasteiger partial charge >= 0.3 is 0 Å². The van der Waals surface area contributed by atoms with Gasteiger partial charge in [0.05, 0.1) is 5.69 Å². The van der Waals surface area contributed by atoms with E-state index in [-0.39, 0.29) is 0 Å². The van der Waals surface area contributed by atoms with Crippen LogP contribution in [0.1, 0.15) is 24.1 Å². The number of benzene rings is 1. The number of nitrogens with zero attached hydrogens (tertiary/aromatic N) is 1. The monoisotopic (exact) mass is 294 g/mol. The van der Waals surface area contributed by atoms with Crippen LogP contribution < -0.4 is 5.32 Å². The Bertz CT molecular complexity index is 581. The zero-order valence-corrected chi connectivity index (χ0v) is 12.2. The van der Waals surface area contributed by atoms with Crippen molar-refractivity contribution < 1.29 is 4.42 Å². The van der Waals surface area contributed by atoms with E-state index in [9.17, 15) is 0 Å². The van der Waals surface area contributed by atoms with E-state index in [0.717, 1.165) is 27.7 Å². The van der Waals surface area contributed by atoms with E-state index in [1.807, 2.05) is 19.1 Å². The van der Waals surface area contributed by atoms with Gasteiger partial charge in [0.15, 0.2) is 0 Å². The van der Waals surface area contributed by atoms with E-state index in [0.29, 0.717) is 11.3 Å². The lowest BCUT2D eigenvalue weighted by Crippen LogP contribution is -2.16. The predicted molar refractivity (Wildman–Crippen MR) is 76.7 cm³/mol. The summed E-state index contributed by atoms with van der Waals surface area (Å²) in [5.41, 5.74) is 2.01. The lowest BCUT2D eigenvalue weighted by Gasteiger charge is -2.10. The summed E-state index contributed by atoms with van der Waals surface area (Å²) in [6.07, 6.45) is 4.20. The third-order valence-corrected chi connectivity index (χ3v) is 4.33. The highest BCUT2D eigenvalue weighted by Crippen LogP contribution is 2.34. The third-order valence-electron chi connectivity index (χ3n) is 3.02. The quantitative estimate of drug-likeness (QED) is 0.903. The Morgan fingerprint density at radius 2 is 2.32 bits per heavy atom. The third kappa shape index (κ3) is 3.32. The SMILES string of the molecule is Cc1coc(Sc2cccc(Cl)c2CNC2CC2)n1. The fourth-order valence-corrected chi connectivity index (χ4v) is 3.04. The van der Waals surface area contributed by atoms with Gasteiger partial charge in [-0.1, -0.05) is 17.7 Å². The Morgan fingerprint density at radius 3 is 3.00 bits per heavy atom. The molecule has 1 heterocycles. The molecule has 1 aromatic carbocycles. The molecule has 3 nitrogen and oxygen atoms in total. The van der Waals surface area contributed by atoms with Crippen LogP contribution in [-0.4, -0.2) is 11.0 Å². The maximum Gasteiger partial charge on any atom is 0.260 e. The second kappa shape index (κ2) is 5.57. The molecule has 0 unspecified atom stereocenters. The van der Waals surface area contributed by atoms with Crippen molar-refractivity contribution in [1.29, 1.82) is 0 Å². The zero-order chi connectivity index (χ0) is 13.2. The minimum atomic E-state index is 0.660. The van der Waals surface area contributed by atoms with Crippen LogP contribution in [0.15, 0.2) is 39.0 Å². The number of rotatable bonds is 5. The molecule has 3 rings (SSSR count). The van der Waals surface area contributed by atoms with Crippen LogP contribution in [0.3, 0.4) is 0 Å². The molecule has 1 aliphatic rings. The number of oxazole rings is 1. The van der Waals surface area contributed by atoms with Gasteiger partial charge < -0.3 is 9.73 Å². The molecule has 5 heteroatoms. The fourth-order valence-electron chi connectivity index (χ4n) is 1.81. The molecule has 0 spiro atoms. The number of nitrogens with one attached hydrogen (secondary N) is 1. The highest BCUT2D eigenvalue weighted by Gasteiger charge is 2.21. The maximum atomic E-state index is 6.30. The molecule has 19 heavy (non-hydrogen) atoms. The molecule has 0 saturated heterocycles. The van der Waals surface area contributed by atoms with Gasteiger partial charge in [0.25, 0.3) is 5.22 Å². The van der Waals surface area contributed by atoms with Gasteiger partial charge in [0.1, 0.15) is 6.26 Å². The van der Waals surface area contributed by atoms with Crippen molar-refractivity contribution >= 4 is 23.4 Å². The number of hydrogen-bond acceptors (Lipinski definition) is 4. The summed E-state index contributed by atoms with van der Waals surface area (Å²) in [4.78, 5) is 5.42. The molecule has 1 N–H and O–H groups in total. The zero-order valence-electron chi connectivity index (χ0n) is 10.6. The molecule has 1 aromatic heterocycles. The molecular formula is C14H15ClN2OS. The lowest BCUT2D eigenvalue weighted by molar-refractivity contribution is 0.454. The normalized spacial score (nSPS) is 14.8. The van der Waals surface area contributed by atoms with Crippen LogP contribution in [0.4, 0.5) is 0 Å². The van der Waals surface area contributed by atoms with E-state index >= 15 is 0 Å². The average molecular weight is 295 g/mol. The first-order chi connectivity index (χ1) is 9.22. The Balaban J connectivity index is 1.80. The minimum absolute atomic E-state index is 0.660. The average Bonchev–Trinajstić information content (AvgIpc) is 3.12. The number of aromatic nitrogens is 1. The van der Waals surface area contributed by atoms with Crippen LogP contribution >= 0.6 is 23.4 Å². The van der Waals surface area contributed by atoms with Crippen LogP contribution in [0.2, 0.25) is 5.02 Å². The Morgan fingerprint density at radius 1 is 1.47 bits per heavy atom. The predicted octanol–water partition coefficient (Wildman–Crippen LogP) is 4.04. The first kappa shape index (κ1) is 13.0. The van der Waals surface area contributed by atoms with Gasteiger partial charge in [-0.05, 0) is 49.2 Å². The van der Waals surface area contributed by atoms with Crippen molar-refractivity contribution in [3.05, 3.63) is 40.7 Å². The van der Waals surface area contributed by atoms with Gasteiger partial charge in [-0.2, -0.15) is 0 Å². The number of hydrogen-bond donors (Lipinski definition) is 1. The molecule has 1 fully saturated rings. The van der Waals surface area contributed by atoms with Gasteiger partial charge in [0.2, 0.25) is 0 Å².